The summed E-state index contributed by atoms with van der Waals surface area (Å²) >= 11 is 0. The largest absolute Gasteiger partial charge is 0.311 e. The van der Waals surface area contributed by atoms with Crippen molar-refractivity contribution in [1.82, 2.24) is 0 Å². The highest BCUT2D eigenvalue weighted by Gasteiger charge is 2.45. The summed E-state index contributed by atoms with van der Waals surface area (Å²) in [6.07, 6.45) is 0. The first-order valence-corrected chi connectivity index (χ1v) is 22.9. The molecule has 13 rings (SSSR count). The Hall–Kier alpha value is -8.52. The fourth-order valence-electron chi connectivity index (χ4n) is 11.1. The number of hydrogen-bond acceptors (Lipinski definition) is 1. The lowest BCUT2D eigenvalue weighted by atomic mass is 9.67. The minimum Gasteiger partial charge on any atom is -0.311 e. The van der Waals surface area contributed by atoms with Gasteiger partial charge in [0.25, 0.3) is 0 Å². The molecular formula is C65H43N. The van der Waals surface area contributed by atoms with E-state index >= 15 is 0 Å². The number of benzene rings is 12. The summed E-state index contributed by atoms with van der Waals surface area (Å²) in [5, 5.41) is 10.3. The van der Waals surface area contributed by atoms with Gasteiger partial charge in [-0.3, -0.25) is 0 Å². The second-order valence-electron chi connectivity index (χ2n) is 17.6. The molecule has 0 N–H and O–H groups in total. The Morgan fingerprint density at radius 2 is 0.667 bits per heavy atom. The Morgan fingerprint density at radius 3 is 1.20 bits per heavy atom. The van der Waals surface area contributed by atoms with Gasteiger partial charge in [-0.05, 0) is 141 Å². The molecule has 0 atom stereocenters. The van der Waals surface area contributed by atoms with Crippen LogP contribution in [0.25, 0.3) is 76.5 Å². The molecular weight excluding hydrogens is 795 g/mol. The van der Waals surface area contributed by atoms with Gasteiger partial charge in [-0.15, -0.1) is 0 Å². The second-order valence-corrected chi connectivity index (χ2v) is 17.6. The lowest BCUT2D eigenvalue weighted by Crippen LogP contribution is -2.28. The first-order chi connectivity index (χ1) is 32.7. The maximum atomic E-state index is 2.43. The van der Waals surface area contributed by atoms with Crippen molar-refractivity contribution in [2.75, 3.05) is 4.90 Å². The molecule has 12 aromatic rings. The molecule has 0 aliphatic heterocycles. The summed E-state index contributed by atoms with van der Waals surface area (Å²) in [6.45, 7) is 0. The van der Waals surface area contributed by atoms with Crippen molar-refractivity contribution in [1.29, 1.82) is 0 Å². The summed E-state index contributed by atoms with van der Waals surface area (Å²) in [7, 11) is 0. The minimum atomic E-state index is -0.465. The lowest BCUT2D eigenvalue weighted by Gasteiger charge is -2.34. The molecule has 0 saturated heterocycles. The fourth-order valence-corrected chi connectivity index (χ4v) is 11.1. The van der Waals surface area contributed by atoms with Crippen LogP contribution in [0, 0.1) is 0 Å². The average Bonchev–Trinajstić information content (AvgIpc) is 3.71. The topological polar surface area (TPSA) is 3.24 Å². The van der Waals surface area contributed by atoms with Gasteiger partial charge in [0.05, 0.1) is 5.41 Å². The van der Waals surface area contributed by atoms with E-state index in [9.17, 15) is 0 Å². The van der Waals surface area contributed by atoms with Crippen molar-refractivity contribution in [3.63, 3.8) is 0 Å². The second kappa shape index (κ2) is 15.3. The number of rotatable bonds is 8. The van der Waals surface area contributed by atoms with E-state index in [0.717, 1.165) is 17.1 Å². The zero-order chi connectivity index (χ0) is 43.6. The van der Waals surface area contributed by atoms with E-state index in [2.05, 4.69) is 266 Å². The van der Waals surface area contributed by atoms with E-state index in [1.165, 1.54) is 98.7 Å². The molecule has 0 bridgehead atoms. The third-order valence-electron chi connectivity index (χ3n) is 14.1. The molecule has 0 heterocycles. The predicted octanol–water partition coefficient (Wildman–Crippen LogP) is 17.5. The van der Waals surface area contributed by atoms with Gasteiger partial charge in [-0.2, -0.15) is 0 Å². The Morgan fingerprint density at radius 1 is 0.258 bits per heavy atom. The molecule has 1 nitrogen and oxygen atoms in total. The summed E-state index contributed by atoms with van der Waals surface area (Å²) in [4.78, 5) is 2.38. The highest BCUT2D eigenvalue weighted by molar-refractivity contribution is 6.16. The first kappa shape index (κ1) is 38.0. The highest BCUT2D eigenvalue weighted by atomic mass is 15.1. The van der Waals surface area contributed by atoms with Crippen molar-refractivity contribution in [3.8, 4) is 33.4 Å². The van der Waals surface area contributed by atoms with Crippen LogP contribution in [0.2, 0.25) is 0 Å². The molecule has 0 saturated carbocycles. The van der Waals surface area contributed by atoms with Gasteiger partial charge in [0.1, 0.15) is 0 Å². The average molecular weight is 838 g/mol. The molecule has 0 amide bonds. The van der Waals surface area contributed by atoms with Crippen LogP contribution in [0.5, 0.6) is 0 Å². The molecule has 1 heteroatoms. The van der Waals surface area contributed by atoms with Gasteiger partial charge in [0.2, 0.25) is 0 Å². The van der Waals surface area contributed by atoms with Crippen LogP contribution in [-0.4, -0.2) is 0 Å². The van der Waals surface area contributed by atoms with Crippen molar-refractivity contribution >= 4 is 60.2 Å². The minimum absolute atomic E-state index is 0.465. The number of anilines is 3. The standard InChI is InChI=1S/C65H43N/c1-2-20-52(21-3-1)65(61-27-11-17-49-29-30-50-18-12-28-62(65)64(50)63(49)61)53-22-8-19-51(43-53)44-31-37-54(38-32-44)66(55-39-33-47(34-40-55)59-25-9-15-45-13-4-6-23-57(45)59)56-41-35-48(36-42-56)60-26-10-16-46-14-5-7-24-58(46)60/h1-43H. The molecule has 0 fully saturated rings. The van der Waals surface area contributed by atoms with Gasteiger partial charge in [0, 0.05) is 17.1 Å². The zero-order valence-corrected chi connectivity index (χ0v) is 36.3. The molecule has 12 aromatic carbocycles. The molecule has 0 unspecified atom stereocenters. The number of nitrogens with zero attached hydrogens (tertiary/aromatic N) is 1. The Labute approximate surface area is 385 Å². The molecule has 1 aliphatic rings. The lowest BCUT2D eigenvalue weighted by molar-refractivity contribution is 0.772. The number of hydrogen-bond donors (Lipinski definition) is 0. The van der Waals surface area contributed by atoms with E-state index in [4.69, 9.17) is 0 Å². The third kappa shape index (κ3) is 5.94. The predicted molar refractivity (Wildman–Crippen MR) is 279 cm³/mol. The highest BCUT2D eigenvalue weighted by Crippen LogP contribution is 2.56. The summed E-state index contributed by atoms with van der Waals surface area (Å²) in [6, 6.07) is 96.3. The van der Waals surface area contributed by atoms with Crippen LogP contribution < -0.4 is 4.90 Å². The molecule has 308 valence electrons. The van der Waals surface area contributed by atoms with Crippen LogP contribution in [0.3, 0.4) is 0 Å². The maximum Gasteiger partial charge on any atom is 0.0714 e. The van der Waals surface area contributed by atoms with Crippen molar-refractivity contribution in [2.45, 2.75) is 5.41 Å². The Balaban J connectivity index is 0.914. The van der Waals surface area contributed by atoms with Gasteiger partial charge < -0.3 is 4.90 Å². The van der Waals surface area contributed by atoms with Crippen molar-refractivity contribution in [2.24, 2.45) is 0 Å². The van der Waals surface area contributed by atoms with Crippen molar-refractivity contribution < 1.29 is 0 Å². The van der Waals surface area contributed by atoms with Crippen LogP contribution in [-0.2, 0) is 5.41 Å². The summed E-state index contributed by atoms with van der Waals surface area (Å²) < 4.78 is 0. The normalized spacial score (nSPS) is 12.7. The quantitative estimate of drug-likeness (QED) is 0.138. The van der Waals surface area contributed by atoms with Gasteiger partial charge in [-0.1, -0.05) is 218 Å². The van der Waals surface area contributed by atoms with Crippen LogP contribution in [0.1, 0.15) is 22.3 Å². The van der Waals surface area contributed by atoms with Gasteiger partial charge in [-0.25, -0.2) is 0 Å². The Bertz CT molecular complexity index is 3590. The van der Waals surface area contributed by atoms with E-state index in [0.29, 0.717) is 0 Å². The SMILES string of the molecule is c1ccc(C2(c3cccc(-c4ccc(N(c5ccc(-c6cccc7ccccc67)cc5)c5ccc(-c6cccc7ccccc67)cc5)cc4)c3)c3cccc4ccc5cccc2c5c34)cc1. The first-order valence-electron chi connectivity index (χ1n) is 22.9. The molecule has 0 aromatic heterocycles. The van der Waals surface area contributed by atoms with E-state index < -0.39 is 5.41 Å². The van der Waals surface area contributed by atoms with E-state index in [1.54, 1.807) is 0 Å². The monoisotopic (exact) mass is 837 g/mol. The van der Waals surface area contributed by atoms with E-state index in [1.807, 2.05) is 0 Å². The molecule has 0 radical (unpaired) electrons. The number of fused-ring (bicyclic) bond motifs is 2. The van der Waals surface area contributed by atoms with Crippen LogP contribution in [0.4, 0.5) is 17.1 Å². The van der Waals surface area contributed by atoms with Gasteiger partial charge >= 0.3 is 0 Å². The van der Waals surface area contributed by atoms with Crippen molar-refractivity contribution in [3.05, 3.63) is 283 Å². The Kier molecular flexibility index (Phi) is 8.82. The maximum absolute atomic E-state index is 2.43. The molecule has 66 heavy (non-hydrogen) atoms. The summed E-state index contributed by atoms with van der Waals surface area (Å²) in [5.41, 5.74) is 15.3. The third-order valence-corrected chi connectivity index (χ3v) is 14.1. The van der Waals surface area contributed by atoms with Crippen LogP contribution in [0.15, 0.2) is 261 Å². The fraction of sp³-hybridized carbons (Fsp3) is 0.0154. The zero-order valence-electron chi connectivity index (χ0n) is 36.3. The smallest absolute Gasteiger partial charge is 0.0714 e. The van der Waals surface area contributed by atoms with E-state index in [-0.39, 0.29) is 0 Å². The van der Waals surface area contributed by atoms with Crippen LogP contribution >= 0.6 is 0 Å². The summed E-state index contributed by atoms with van der Waals surface area (Å²) in [5.74, 6) is 0. The van der Waals surface area contributed by atoms with Gasteiger partial charge in [0.15, 0.2) is 0 Å². The molecule has 1 aliphatic carbocycles. The molecule has 0 spiro atoms.